The minimum absolute atomic E-state index is 0.0705. The van der Waals surface area contributed by atoms with Crippen molar-refractivity contribution in [3.63, 3.8) is 0 Å². The second-order valence-corrected chi connectivity index (χ2v) is 4.76. The van der Waals surface area contributed by atoms with Crippen LogP contribution in [0.4, 0.5) is 10.2 Å². The van der Waals surface area contributed by atoms with E-state index in [1.54, 1.807) is 0 Å². The van der Waals surface area contributed by atoms with Gasteiger partial charge in [0.15, 0.2) is 11.9 Å². The molecule has 0 spiro atoms. The van der Waals surface area contributed by atoms with E-state index in [4.69, 9.17) is 16.0 Å². The Labute approximate surface area is 117 Å². The molecule has 0 aromatic carbocycles. The van der Waals surface area contributed by atoms with E-state index < -0.39 is 36.0 Å². The molecule has 11 heteroatoms. The fourth-order valence-electron chi connectivity index (χ4n) is 2.19. The third-order valence-electron chi connectivity index (χ3n) is 3.31. The van der Waals surface area contributed by atoms with E-state index in [-0.39, 0.29) is 5.82 Å². The Balaban J connectivity index is 2.55. The van der Waals surface area contributed by atoms with Gasteiger partial charge >= 0.3 is 5.69 Å². The summed E-state index contributed by atoms with van der Waals surface area (Å²) in [4.78, 5) is 17.6. The molecule has 0 aliphatic carbocycles. The lowest BCUT2D eigenvalue weighted by Gasteiger charge is -2.26. The van der Waals surface area contributed by atoms with E-state index in [9.17, 15) is 19.4 Å². The maximum absolute atomic E-state index is 14.8. The SMILES string of the molecule is CC1(F)C(n2ccc(N)nc2=O)OC(CO)(N=[N+]=[N-])C1O. The number of halogens is 1. The van der Waals surface area contributed by atoms with Crippen molar-refractivity contribution in [1.82, 2.24) is 9.55 Å². The Kier molecular flexibility index (Phi) is 3.59. The van der Waals surface area contributed by atoms with Crippen LogP contribution in [0.1, 0.15) is 13.2 Å². The Morgan fingerprint density at radius 2 is 2.43 bits per heavy atom. The Morgan fingerprint density at radius 1 is 1.76 bits per heavy atom. The van der Waals surface area contributed by atoms with Crippen LogP contribution in [0.3, 0.4) is 0 Å². The van der Waals surface area contributed by atoms with Gasteiger partial charge in [0.2, 0.25) is 5.72 Å². The minimum Gasteiger partial charge on any atom is -0.393 e. The molecular weight excluding hydrogens is 287 g/mol. The van der Waals surface area contributed by atoms with Crippen molar-refractivity contribution in [2.75, 3.05) is 12.3 Å². The van der Waals surface area contributed by atoms with Gasteiger partial charge in [0, 0.05) is 11.1 Å². The molecule has 2 rings (SSSR count). The zero-order valence-corrected chi connectivity index (χ0v) is 10.9. The number of aromatic nitrogens is 2. The van der Waals surface area contributed by atoms with Crippen LogP contribution in [0, 0.1) is 0 Å². The van der Waals surface area contributed by atoms with Gasteiger partial charge in [-0.3, -0.25) is 4.57 Å². The van der Waals surface area contributed by atoms with E-state index in [1.807, 2.05) is 0 Å². The summed E-state index contributed by atoms with van der Waals surface area (Å²) in [5.74, 6) is -0.0705. The molecule has 4 atom stereocenters. The molecule has 4 unspecified atom stereocenters. The topological polar surface area (TPSA) is 159 Å². The van der Waals surface area contributed by atoms with Crippen molar-refractivity contribution in [2.24, 2.45) is 5.11 Å². The number of rotatable bonds is 3. The van der Waals surface area contributed by atoms with Crippen LogP contribution < -0.4 is 11.4 Å². The summed E-state index contributed by atoms with van der Waals surface area (Å²) in [5.41, 5.74) is 8.17. The van der Waals surface area contributed by atoms with Crippen molar-refractivity contribution < 1.29 is 19.3 Å². The highest BCUT2D eigenvalue weighted by Crippen LogP contribution is 2.46. The van der Waals surface area contributed by atoms with Crippen LogP contribution in [-0.2, 0) is 4.74 Å². The predicted octanol–water partition coefficient (Wildman–Crippen LogP) is -0.558. The third-order valence-corrected chi connectivity index (χ3v) is 3.31. The van der Waals surface area contributed by atoms with Gasteiger partial charge in [-0.15, -0.1) is 0 Å². The number of hydrogen-bond donors (Lipinski definition) is 3. The molecule has 1 aliphatic heterocycles. The summed E-state index contributed by atoms with van der Waals surface area (Å²) in [7, 11) is 0. The number of ether oxygens (including phenoxy) is 1. The molecule has 1 aliphatic rings. The smallest absolute Gasteiger partial charge is 0.351 e. The quantitative estimate of drug-likeness (QED) is 0.385. The molecule has 0 bridgehead atoms. The molecule has 114 valence electrons. The maximum Gasteiger partial charge on any atom is 0.351 e. The van der Waals surface area contributed by atoms with Crippen molar-refractivity contribution in [3.8, 4) is 0 Å². The Morgan fingerprint density at radius 3 is 2.95 bits per heavy atom. The van der Waals surface area contributed by atoms with Crippen LogP contribution in [0.5, 0.6) is 0 Å². The van der Waals surface area contributed by atoms with Crippen molar-refractivity contribution in [2.45, 2.75) is 30.6 Å². The Bertz CT molecular complexity index is 657. The van der Waals surface area contributed by atoms with Gasteiger partial charge < -0.3 is 20.7 Å². The van der Waals surface area contributed by atoms with Gasteiger partial charge in [-0.2, -0.15) is 4.98 Å². The first-order chi connectivity index (χ1) is 9.78. The fraction of sp³-hybridized carbons (Fsp3) is 0.600. The number of anilines is 1. The third kappa shape index (κ3) is 2.21. The molecule has 0 radical (unpaired) electrons. The highest BCUT2D eigenvalue weighted by molar-refractivity contribution is 5.24. The van der Waals surface area contributed by atoms with Crippen molar-refractivity contribution in [1.29, 1.82) is 0 Å². The average Bonchev–Trinajstić information content (AvgIpc) is 2.61. The molecule has 21 heavy (non-hydrogen) atoms. The maximum atomic E-state index is 14.8. The highest BCUT2D eigenvalue weighted by atomic mass is 19.1. The zero-order chi connectivity index (χ0) is 15.8. The minimum atomic E-state index is -2.52. The van der Waals surface area contributed by atoms with E-state index in [0.29, 0.717) is 0 Å². The van der Waals surface area contributed by atoms with Crippen LogP contribution in [0.15, 0.2) is 22.2 Å². The number of nitrogen functional groups attached to an aromatic ring is 1. The van der Waals surface area contributed by atoms with Gasteiger partial charge in [0.25, 0.3) is 0 Å². The number of aliphatic hydroxyl groups is 2. The molecule has 1 aromatic rings. The zero-order valence-electron chi connectivity index (χ0n) is 10.9. The molecule has 1 fully saturated rings. The standard InChI is InChI=1S/C10H13FN6O4/c1-9(11)6(19)10(4-18,15-16-13)21-7(9)17-3-2-5(12)14-8(17)20/h2-3,6-7,18-19H,4H2,1H3,(H2,12,14,20). The number of nitrogens with zero attached hydrogens (tertiary/aromatic N) is 5. The normalized spacial score (nSPS) is 35.4. The molecule has 1 aromatic heterocycles. The number of alkyl halides is 1. The molecule has 10 nitrogen and oxygen atoms in total. The first-order valence-corrected chi connectivity index (χ1v) is 5.85. The monoisotopic (exact) mass is 300 g/mol. The van der Waals surface area contributed by atoms with Gasteiger partial charge in [0.1, 0.15) is 11.9 Å². The number of aliphatic hydroxyl groups excluding tert-OH is 2. The molecule has 2 heterocycles. The molecule has 0 amide bonds. The summed E-state index contributed by atoms with van der Waals surface area (Å²) in [6.45, 7) is -0.0131. The van der Waals surface area contributed by atoms with Gasteiger partial charge in [-0.25, -0.2) is 9.18 Å². The summed E-state index contributed by atoms with van der Waals surface area (Å²) in [6.07, 6.45) is -2.50. The first-order valence-electron chi connectivity index (χ1n) is 5.85. The number of hydrogen-bond acceptors (Lipinski definition) is 7. The van der Waals surface area contributed by atoms with Crippen molar-refractivity contribution in [3.05, 3.63) is 33.2 Å². The second kappa shape index (κ2) is 4.97. The van der Waals surface area contributed by atoms with E-state index in [2.05, 4.69) is 15.0 Å². The lowest BCUT2D eigenvalue weighted by molar-refractivity contribution is -0.125. The molecule has 0 saturated carbocycles. The first kappa shape index (κ1) is 15.2. The van der Waals surface area contributed by atoms with Crippen molar-refractivity contribution >= 4 is 5.82 Å². The van der Waals surface area contributed by atoms with E-state index >= 15 is 0 Å². The van der Waals surface area contributed by atoms with E-state index in [1.165, 1.54) is 6.07 Å². The summed E-state index contributed by atoms with van der Waals surface area (Å²) in [5, 5.41) is 22.4. The fourth-order valence-corrected chi connectivity index (χ4v) is 2.19. The second-order valence-electron chi connectivity index (χ2n) is 4.76. The lowest BCUT2D eigenvalue weighted by Crippen LogP contribution is -2.48. The van der Waals surface area contributed by atoms with Gasteiger partial charge in [-0.1, -0.05) is 5.11 Å². The van der Waals surface area contributed by atoms with Crippen LogP contribution in [0.2, 0.25) is 0 Å². The summed E-state index contributed by atoms with van der Waals surface area (Å²) in [6, 6.07) is 1.24. The van der Waals surface area contributed by atoms with Gasteiger partial charge in [0.05, 0.1) is 6.61 Å². The largest absolute Gasteiger partial charge is 0.393 e. The number of azide groups is 1. The van der Waals surface area contributed by atoms with Gasteiger partial charge in [-0.05, 0) is 18.5 Å². The van der Waals surface area contributed by atoms with Crippen LogP contribution in [0.25, 0.3) is 10.4 Å². The molecular formula is C10H13FN6O4. The Hall–Kier alpha value is -2.20. The number of nitrogens with two attached hydrogens (primary N) is 1. The molecule has 1 saturated heterocycles. The summed E-state index contributed by atoms with van der Waals surface area (Å²) < 4.78 is 20.7. The van der Waals surface area contributed by atoms with Crippen LogP contribution >= 0.6 is 0 Å². The van der Waals surface area contributed by atoms with Crippen LogP contribution in [-0.4, -0.2) is 43.9 Å². The lowest BCUT2D eigenvalue weighted by atomic mass is 9.95. The summed E-state index contributed by atoms with van der Waals surface area (Å²) >= 11 is 0. The average molecular weight is 300 g/mol. The molecule has 4 N–H and O–H groups in total. The highest BCUT2D eigenvalue weighted by Gasteiger charge is 2.63. The predicted molar refractivity (Wildman–Crippen MR) is 67.5 cm³/mol. The van der Waals surface area contributed by atoms with E-state index in [0.717, 1.165) is 17.7 Å².